The third-order valence-electron chi connectivity index (χ3n) is 4.79. The monoisotopic (exact) mass is 473 g/mol. The third-order valence-corrected chi connectivity index (χ3v) is 6.44. The van der Waals surface area contributed by atoms with Gasteiger partial charge < -0.3 is 10.1 Å². The fourth-order valence-corrected chi connectivity index (χ4v) is 3.72. The summed E-state index contributed by atoms with van der Waals surface area (Å²) in [5.41, 5.74) is -2.31. The van der Waals surface area contributed by atoms with Gasteiger partial charge in [-0.2, -0.15) is 13.2 Å². The summed E-state index contributed by atoms with van der Waals surface area (Å²) in [5.74, 6) is -0.486. The summed E-state index contributed by atoms with van der Waals surface area (Å²) in [4.78, 5) is 23.2. The van der Waals surface area contributed by atoms with Gasteiger partial charge in [0.1, 0.15) is 17.0 Å². The number of allylic oxidation sites excluding steroid dienone is 4. The number of benzene rings is 1. The van der Waals surface area contributed by atoms with Crippen molar-refractivity contribution >= 4 is 22.0 Å². The zero-order chi connectivity index (χ0) is 24.3. The summed E-state index contributed by atoms with van der Waals surface area (Å²) in [5, 5.41) is 4.43. The first-order chi connectivity index (χ1) is 14.7. The molecule has 0 spiro atoms. The first-order valence-corrected chi connectivity index (χ1v) is 10.7. The van der Waals surface area contributed by atoms with Crippen LogP contribution in [0.4, 0.5) is 18.0 Å². The molecule has 12 heteroatoms. The number of rotatable bonds is 8. The minimum absolute atomic E-state index is 0.0850. The van der Waals surface area contributed by atoms with E-state index in [1.807, 2.05) is 5.32 Å². The summed E-state index contributed by atoms with van der Waals surface area (Å²) in [6.07, 6.45) is -0.752. The van der Waals surface area contributed by atoms with Crippen LogP contribution in [-0.4, -0.2) is 31.9 Å². The molecule has 1 aromatic carbocycles. The number of nitrogens with one attached hydrogen (secondary N) is 3. The van der Waals surface area contributed by atoms with E-state index in [2.05, 4.69) is 16.6 Å². The Morgan fingerprint density at radius 3 is 2.28 bits per heavy atom. The first-order valence-electron chi connectivity index (χ1n) is 9.21. The molecule has 0 unspecified atom stereocenters. The Hall–Kier alpha value is -3.12. The number of ether oxygens (including phenoxy) is 1. The minimum Gasteiger partial charge on any atom is -0.457 e. The highest BCUT2D eigenvalue weighted by Gasteiger charge is 2.47. The Morgan fingerprint density at radius 1 is 1.22 bits per heavy atom. The molecule has 0 aliphatic carbocycles. The Kier molecular flexibility index (Phi) is 7.20. The number of urea groups is 1. The second kappa shape index (κ2) is 9.17. The first kappa shape index (κ1) is 25.1. The lowest BCUT2D eigenvalue weighted by Gasteiger charge is -2.28. The van der Waals surface area contributed by atoms with E-state index in [-0.39, 0.29) is 16.4 Å². The number of hydrogen-bond acceptors (Lipinski definition) is 5. The van der Waals surface area contributed by atoms with Crippen molar-refractivity contribution in [1.29, 1.82) is 0 Å². The molecular formula is C20H22F3N3O5S. The molecule has 1 aromatic rings. The van der Waals surface area contributed by atoms with Gasteiger partial charge in [-0.3, -0.25) is 10.1 Å². The van der Waals surface area contributed by atoms with Gasteiger partial charge in [-0.05, 0) is 63.3 Å². The van der Waals surface area contributed by atoms with Crippen molar-refractivity contribution in [2.45, 2.75) is 38.5 Å². The molecule has 0 saturated carbocycles. The molecule has 3 amide bonds. The molecule has 2 rings (SSSR count). The summed E-state index contributed by atoms with van der Waals surface area (Å²) in [6.45, 7) is 7.63. The van der Waals surface area contributed by atoms with E-state index >= 15 is 0 Å². The molecule has 1 fully saturated rings. The van der Waals surface area contributed by atoms with Crippen LogP contribution in [0.15, 0.2) is 59.7 Å². The Labute approximate surface area is 183 Å². The molecule has 1 saturated heterocycles. The van der Waals surface area contributed by atoms with E-state index < -0.39 is 45.3 Å². The van der Waals surface area contributed by atoms with Crippen LogP contribution in [0.5, 0.6) is 5.75 Å². The van der Waals surface area contributed by atoms with Gasteiger partial charge in [0.2, 0.25) is 10.0 Å². The summed E-state index contributed by atoms with van der Waals surface area (Å²) >= 11 is 0. The standard InChI is InChI=1S/C20H22F3N3O5S/c1-5-15(31-16-10-7-14(8-11-16)20(21,22)23)9-6-12(2)32(29,30)26-13(3)19(4)17(27)24-18(28)25-19/h5-11,13,26H,1H2,2-4H3,(H2,24,25,27,28)/b12-6+,15-9+/t13-,19+/m1/s1. The van der Waals surface area contributed by atoms with Gasteiger partial charge in [-0.1, -0.05) is 6.58 Å². The van der Waals surface area contributed by atoms with Crippen LogP contribution in [0.3, 0.4) is 0 Å². The van der Waals surface area contributed by atoms with Gasteiger partial charge in [0.15, 0.2) is 0 Å². The zero-order valence-corrected chi connectivity index (χ0v) is 18.2. The lowest BCUT2D eigenvalue weighted by Crippen LogP contribution is -2.59. The van der Waals surface area contributed by atoms with Gasteiger partial charge >= 0.3 is 12.2 Å². The summed E-state index contributed by atoms with van der Waals surface area (Å²) < 4.78 is 70.9. The SMILES string of the molecule is C=C/C(=C\C=C(/C)S(=O)(=O)N[C@H](C)[C@]1(C)NC(=O)NC1=O)Oc1ccc(C(F)(F)F)cc1. The predicted octanol–water partition coefficient (Wildman–Crippen LogP) is 2.96. The number of imide groups is 1. The van der Waals surface area contributed by atoms with Crippen LogP contribution in [-0.2, 0) is 21.0 Å². The smallest absolute Gasteiger partial charge is 0.416 e. The maximum absolute atomic E-state index is 12.6. The largest absolute Gasteiger partial charge is 0.457 e. The number of hydrogen-bond donors (Lipinski definition) is 3. The molecule has 174 valence electrons. The maximum atomic E-state index is 12.6. The van der Waals surface area contributed by atoms with Crippen LogP contribution in [0.2, 0.25) is 0 Å². The molecule has 1 aliphatic heterocycles. The average molecular weight is 473 g/mol. The number of carbonyl (C=O) groups excluding carboxylic acids is 2. The van der Waals surface area contributed by atoms with Crippen LogP contribution in [0.25, 0.3) is 0 Å². The number of amides is 3. The van der Waals surface area contributed by atoms with Gasteiger partial charge in [0.25, 0.3) is 5.91 Å². The summed E-state index contributed by atoms with van der Waals surface area (Å²) in [7, 11) is -4.05. The van der Waals surface area contributed by atoms with E-state index in [1.54, 1.807) is 0 Å². The van der Waals surface area contributed by atoms with Gasteiger partial charge in [0, 0.05) is 0 Å². The Morgan fingerprint density at radius 2 is 1.81 bits per heavy atom. The highest BCUT2D eigenvalue weighted by Crippen LogP contribution is 2.30. The van der Waals surface area contributed by atoms with Gasteiger partial charge in [-0.25, -0.2) is 17.9 Å². The topological polar surface area (TPSA) is 114 Å². The fourth-order valence-electron chi connectivity index (χ4n) is 2.59. The molecule has 32 heavy (non-hydrogen) atoms. The minimum atomic E-state index is -4.48. The molecule has 3 N–H and O–H groups in total. The number of halogens is 3. The number of sulfonamides is 1. The van der Waals surface area contributed by atoms with E-state index in [1.165, 1.54) is 39.0 Å². The third kappa shape index (κ3) is 5.77. The molecule has 1 aliphatic rings. The lowest BCUT2D eigenvalue weighted by atomic mass is 9.95. The number of carbonyl (C=O) groups is 2. The molecule has 1 heterocycles. The van der Waals surface area contributed by atoms with E-state index in [9.17, 15) is 31.2 Å². The van der Waals surface area contributed by atoms with Crippen LogP contribution < -0.4 is 20.1 Å². The highest BCUT2D eigenvalue weighted by molar-refractivity contribution is 7.93. The van der Waals surface area contributed by atoms with Crippen molar-refractivity contribution < 1.29 is 35.9 Å². The quantitative estimate of drug-likeness (QED) is 0.305. The van der Waals surface area contributed by atoms with Crippen molar-refractivity contribution in [2.75, 3.05) is 0 Å². The van der Waals surface area contributed by atoms with Gasteiger partial charge in [-0.15, -0.1) is 0 Å². The van der Waals surface area contributed by atoms with Crippen molar-refractivity contribution in [1.82, 2.24) is 15.4 Å². The average Bonchev–Trinajstić information content (AvgIpc) is 2.96. The molecule has 0 radical (unpaired) electrons. The Bertz CT molecular complexity index is 1080. The van der Waals surface area contributed by atoms with Crippen molar-refractivity contribution in [3.05, 3.63) is 65.3 Å². The number of alkyl halides is 3. The highest BCUT2D eigenvalue weighted by atomic mass is 32.2. The van der Waals surface area contributed by atoms with Crippen LogP contribution in [0, 0.1) is 0 Å². The second-order valence-electron chi connectivity index (χ2n) is 7.13. The molecular weight excluding hydrogens is 451 g/mol. The zero-order valence-electron chi connectivity index (χ0n) is 17.4. The van der Waals surface area contributed by atoms with Crippen LogP contribution >= 0.6 is 0 Å². The molecule has 8 nitrogen and oxygen atoms in total. The van der Waals surface area contributed by atoms with Crippen molar-refractivity contribution in [3.8, 4) is 5.75 Å². The normalized spacial score (nSPS) is 21.1. The molecule has 2 atom stereocenters. The molecule has 0 aromatic heterocycles. The van der Waals surface area contributed by atoms with Crippen molar-refractivity contribution in [2.24, 2.45) is 0 Å². The van der Waals surface area contributed by atoms with E-state index in [4.69, 9.17) is 4.74 Å². The van der Waals surface area contributed by atoms with Crippen molar-refractivity contribution in [3.63, 3.8) is 0 Å². The van der Waals surface area contributed by atoms with E-state index in [0.29, 0.717) is 0 Å². The fraction of sp³-hybridized carbons (Fsp3) is 0.300. The van der Waals surface area contributed by atoms with E-state index in [0.717, 1.165) is 24.3 Å². The lowest BCUT2D eigenvalue weighted by molar-refractivity contribution is -0.137. The summed E-state index contributed by atoms with van der Waals surface area (Å²) in [6, 6.07) is 2.25. The van der Waals surface area contributed by atoms with Gasteiger partial charge in [0.05, 0.1) is 16.5 Å². The second-order valence-corrected chi connectivity index (χ2v) is 9.01. The maximum Gasteiger partial charge on any atom is 0.416 e. The Balaban J connectivity index is 2.14. The molecule has 0 bridgehead atoms. The predicted molar refractivity (Wildman–Crippen MR) is 111 cm³/mol. The van der Waals surface area contributed by atoms with Crippen LogP contribution in [0.1, 0.15) is 26.3 Å².